The number of halogens is 1. The fourth-order valence-electron chi connectivity index (χ4n) is 6.09. The fourth-order valence-corrected chi connectivity index (χ4v) is 6.25. The predicted octanol–water partition coefficient (Wildman–Crippen LogP) is 3.71. The molecular formula is C36H36ClN9O8. The third kappa shape index (κ3) is 8.16. The van der Waals surface area contributed by atoms with Gasteiger partial charge in [0.1, 0.15) is 18.0 Å². The van der Waals surface area contributed by atoms with E-state index in [2.05, 4.69) is 31.5 Å². The second-order valence-corrected chi connectivity index (χ2v) is 13.1. The molecule has 1 aliphatic rings. The van der Waals surface area contributed by atoms with Crippen LogP contribution in [0.1, 0.15) is 36.4 Å². The fraction of sp³-hybridized carbons (Fsp3) is 0.278. The number of nitrogens with zero attached hydrogens (tertiary/aromatic N) is 6. The molecule has 6 rings (SSSR count). The molecule has 3 atom stereocenters. The van der Waals surface area contributed by atoms with E-state index in [1.807, 2.05) is 13.8 Å². The second kappa shape index (κ2) is 16.1. The summed E-state index contributed by atoms with van der Waals surface area (Å²) in [6.07, 6.45) is 2.09. The monoisotopic (exact) mass is 757 g/mol. The molecule has 280 valence electrons. The van der Waals surface area contributed by atoms with Gasteiger partial charge in [0.05, 0.1) is 24.0 Å². The number of carbonyl (C=O) groups excluding carboxylic acids is 4. The Hall–Kier alpha value is -6.33. The predicted molar refractivity (Wildman–Crippen MR) is 196 cm³/mol. The topological polar surface area (TPSA) is 225 Å². The van der Waals surface area contributed by atoms with E-state index >= 15 is 0 Å². The molecule has 1 aliphatic heterocycles. The summed E-state index contributed by atoms with van der Waals surface area (Å²) >= 11 is 6.29. The van der Waals surface area contributed by atoms with Crippen molar-refractivity contribution in [2.24, 2.45) is 5.92 Å². The van der Waals surface area contributed by atoms with Crippen LogP contribution in [0.5, 0.6) is 0 Å². The second-order valence-electron chi connectivity index (χ2n) is 12.7. The highest BCUT2D eigenvalue weighted by atomic mass is 35.5. The molecule has 1 fully saturated rings. The van der Waals surface area contributed by atoms with Crippen LogP contribution in [0.25, 0.3) is 16.7 Å². The normalized spacial score (nSPS) is 14.8. The SMILES string of the molecule is CC[C@H](C)[C@@H](CO)NC(=O)Nc1ccc(C[C@@H](C(=O)Nc2ccc3oc(C(=O)O)cc3c2)N2CCN(c3cc(Cl)ccc3-n3cnnn3)C(=O)C2=O)cc1. The lowest BCUT2D eigenvalue weighted by Crippen LogP contribution is -2.60. The van der Waals surface area contributed by atoms with E-state index in [1.165, 1.54) is 45.1 Å². The van der Waals surface area contributed by atoms with Gasteiger partial charge in [0.2, 0.25) is 11.7 Å². The molecule has 0 unspecified atom stereocenters. The Balaban J connectivity index is 1.25. The summed E-state index contributed by atoms with van der Waals surface area (Å²) in [6.45, 7) is 3.66. The van der Waals surface area contributed by atoms with Gasteiger partial charge in [-0.05, 0) is 76.5 Å². The molecule has 54 heavy (non-hydrogen) atoms. The molecule has 3 heterocycles. The maximum atomic E-state index is 14.1. The molecule has 2 aromatic heterocycles. The molecule has 3 aromatic carbocycles. The third-order valence-electron chi connectivity index (χ3n) is 9.24. The van der Waals surface area contributed by atoms with Crippen molar-refractivity contribution in [3.8, 4) is 5.69 Å². The standard InChI is InChI=1S/C36H36ClN9O8/c1-3-20(2)26(18-47)41-36(53)40-24-7-4-21(5-8-24)14-29(32(48)39-25-9-11-30-22(15-25)16-31(54-30)35(51)52)45-13-12-44(33(49)34(45)50)28-17-23(37)6-10-27(28)46-19-38-42-43-46/h4-11,15-17,19-20,26,29,47H,3,12-14,18H2,1-2H3,(H,39,48)(H,51,52)(H2,40,41,53)/t20-,26+,29-/m0/s1. The van der Waals surface area contributed by atoms with Crippen molar-refractivity contribution < 1.29 is 38.6 Å². The molecule has 0 spiro atoms. The van der Waals surface area contributed by atoms with Crippen LogP contribution in [0.4, 0.5) is 21.9 Å². The van der Waals surface area contributed by atoms with Crippen molar-refractivity contribution >= 4 is 69.4 Å². The van der Waals surface area contributed by atoms with E-state index in [4.69, 9.17) is 16.0 Å². The summed E-state index contributed by atoms with van der Waals surface area (Å²) in [5.74, 6) is -3.90. The number of tetrazole rings is 1. The molecular weight excluding hydrogens is 722 g/mol. The number of rotatable bonds is 13. The van der Waals surface area contributed by atoms with Crippen molar-refractivity contribution in [3.63, 3.8) is 0 Å². The Kier molecular flexibility index (Phi) is 11.2. The molecule has 5 N–H and O–H groups in total. The summed E-state index contributed by atoms with van der Waals surface area (Å²) in [5, 5.41) is 39.3. The molecule has 0 aliphatic carbocycles. The highest BCUT2D eigenvalue weighted by Crippen LogP contribution is 2.30. The number of piperazine rings is 1. The Morgan fingerprint density at radius 3 is 2.39 bits per heavy atom. The minimum absolute atomic E-state index is 0.00617. The van der Waals surface area contributed by atoms with Crippen LogP contribution in [0.3, 0.4) is 0 Å². The summed E-state index contributed by atoms with van der Waals surface area (Å²) in [5.41, 5.74) is 2.38. The number of aromatic nitrogens is 4. The molecule has 0 radical (unpaired) electrons. The summed E-state index contributed by atoms with van der Waals surface area (Å²) < 4.78 is 6.66. The number of nitrogens with one attached hydrogen (secondary N) is 3. The number of aliphatic hydroxyl groups is 1. The van der Waals surface area contributed by atoms with Gasteiger partial charge in [-0.2, -0.15) is 4.68 Å². The first-order chi connectivity index (χ1) is 25.9. The number of benzene rings is 3. The first kappa shape index (κ1) is 37.4. The molecule has 5 aromatic rings. The van der Waals surface area contributed by atoms with Crippen LogP contribution in [0.15, 0.2) is 77.5 Å². The van der Waals surface area contributed by atoms with Gasteiger partial charge < -0.3 is 40.4 Å². The number of amides is 5. The number of furan rings is 1. The van der Waals surface area contributed by atoms with Crippen LogP contribution in [-0.2, 0) is 20.8 Å². The van der Waals surface area contributed by atoms with Crippen LogP contribution in [0, 0.1) is 5.92 Å². The molecule has 5 amide bonds. The summed E-state index contributed by atoms with van der Waals surface area (Å²) in [4.78, 5) is 68.3. The third-order valence-corrected chi connectivity index (χ3v) is 9.47. The number of urea groups is 1. The van der Waals surface area contributed by atoms with E-state index in [-0.39, 0.29) is 37.8 Å². The summed E-state index contributed by atoms with van der Waals surface area (Å²) in [7, 11) is 0. The Bertz CT molecular complexity index is 2190. The molecule has 0 saturated carbocycles. The Morgan fingerprint density at radius 2 is 1.70 bits per heavy atom. The van der Waals surface area contributed by atoms with Crippen LogP contribution >= 0.6 is 11.6 Å². The number of aromatic carboxylic acids is 1. The van der Waals surface area contributed by atoms with Gasteiger partial charge in [0.25, 0.3) is 0 Å². The van der Waals surface area contributed by atoms with Crippen LogP contribution in [-0.4, -0.2) is 96.8 Å². The number of fused-ring (bicyclic) bond motifs is 1. The largest absolute Gasteiger partial charge is 0.475 e. The molecule has 17 nitrogen and oxygen atoms in total. The van der Waals surface area contributed by atoms with E-state index in [1.54, 1.807) is 42.5 Å². The highest BCUT2D eigenvalue weighted by Gasteiger charge is 2.40. The zero-order valence-corrected chi connectivity index (χ0v) is 29.9. The van der Waals surface area contributed by atoms with Gasteiger partial charge in [-0.15, -0.1) is 5.10 Å². The lowest BCUT2D eigenvalue weighted by atomic mass is 10.0. The van der Waals surface area contributed by atoms with E-state index < -0.39 is 41.8 Å². The summed E-state index contributed by atoms with van der Waals surface area (Å²) in [6, 6.07) is 15.2. The number of hydrogen-bond donors (Lipinski definition) is 5. The average Bonchev–Trinajstić information content (AvgIpc) is 3.85. The van der Waals surface area contributed by atoms with Crippen LogP contribution in [0.2, 0.25) is 5.02 Å². The number of carboxylic acids is 1. The molecule has 18 heteroatoms. The van der Waals surface area contributed by atoms with Gasteiger partial charge in [0, 0.05) is 41.3 Å². The number of aliphatic hydroxyl groups excluding tert-OH is 1. The Morgan fingerprint density at radius 1 is 0.944 bits per heavy atom. The van der Waals surface area contributed by atoms with Gasteiger partial charge in [0.15, 0.2) is 0 Å². The quantitative estimate of drug-likeness (QED) is 0.109. The van der Waals surface area contributed by atoms with Gasteiger partial charge in [-0.1, -0.05) is 44.0 Å². The first-order valence-corrected chi connectivity index (χ1v) is 17.3. The lowest BCUT2D eigenvalue weighted by Gasteiger charge is -2.38. The van der Waals surface area contributed by atoms with Crippen LogP contribution < -0.4 is 20.9 Å². The van der Waals surface area contributed by atoms with E-state index in [0.717, 1.165) is 6.42 Å². The minimum Gasteiger partial charge on any atom is -0.475 e. The number of carboxylic acid groups (broad SMARTS) is 1. The van der Waals surface area contributed by atoms with Gasteiger partial charge in [-0.3, -0.25) is 14.4 Å². The first-order valence-electron chi connectivity index (χ1n) is 17.0. The molecule has 0 bridgehead atoms. The van der Waals surface area contributed by atoms with Crippen molar-refractivity contribution in [1.82, 2.24) is 30.4 Å². The maximum Gasteiger partial charge on any atom is 0.371 e. The number of carbonyl (C=O) groups is 5. The minimum atomic E-state index is -1.25. The van der Waals surface area contributed by atoms with E-state index in [0.29, 0.717) is 44.3 Å². The average molecular weight is 758 g/mol. The highest BCUT2D eigenvalue weighted by molar-refractivity contribution is 6.41. The lowest BCUT2D eigenvalue weighted by molar-refractivity contribution is -0.149. The smallest absolute Gasteiger partial charge is 0.371 e. The maximum absolute atomic E-state index is 14.1. The van der Waals surface area contributed by atoms with Gasteiger partial charge >= 0.3 is 23.8 Å². The van der Waals surface area contributed by atoms with Crippen molar-refractivity contribution in [1.29, 1.82) is 0 Å². The van der Waals surface area contributed by atoms with Crippen molar-refractivity contribution in [2.75, 3.05) is 35.2 Å². The zero-order valence-electron chi connectivity index (χ0n) is 29.1. The van der Waals surface area contributed by atoms with Crippen molar-refractivity contribution in [3.05, 3.63) is 89.4 Å². The van der Waals surface area contributed by atoms with Gasteiger partial charge in [-0.25, -0.2) is 9.59 Å². The van der Waals surface area contributed by atoms with E-state index in [9.17, 15) is 34.2 Å². The number of hydrogen-bond acceptors (Lipinski definition) is 10. The Labute approximate surface area is 312 Å². The zero-order chi connectivity index (χ0) is 38.5. The number of anilines is 3. The van der Waals surface area contributed by atoms with Crippen molar-refractivity contribution in [2.45, 2.75) is 38.8 Å². The molecule has 1 saturated heterocycles.